The van der Waals surface area contributed by atoms with Crippen molar-refractivity contribution in [2.45, 2.75) is 18.2 Å². The molecule has 1 unspecified atom stereocenters. The van der Waals surface area contributed by atoms with Crippen molar-refractivity contribution in [3.63, 3.8) is 0 Å². The van der Waals surface area contributed by atoms with Crippen LogP contribution in [0.1, 0.15) is 23.7 Å². The fourth-order valence-corrected chi connectivity index (χ4v) is 1.31. The smallest absolute Gasteiger partial charge is 0.257 e. The van der Waals surface area contributed by atoms with Gasteiger partial charge in [0.2, 0.25) is 0 Å². The van der Waals surface area contributed by atoms with Crippen LogP contribution in [0, 0.1) is 11.6 Å². The third-order valence-electron chi connectivity index (χ3n) is 2.12. The molecule has 0 aromatic heterocycles. The van der Waals surface area contributed by atoms with Crippen LogP contribution >= 0.6 is 15.9 Å². The van der Waals surface area contributed by atoms with Crippen molar-refractivity contribution >= 4 is 21.8 Å². The molecule has 1 atom stereocenters. The van der Waals surface area contributed by atoms with Crippen molar-refractivity contribution in [1.29, 1.82) is 0 Å². The van der Waals surface area contributed by atoms with Crippen LogP contribution in [0.3, 0.4) is 0 Å². The first-order chi connectivity index (χ1) is 7.56. The lowest BCUT2D eigenvalue weighted by molar-refractivity contribution is 0.0945. The maximum Gasteiger partial charge on any atom is 0.257 e. The second-order valence-corrected chi connectivity index (χ2v) is 4.61. The molecule has 0 saturated carbocycles. The van der Waals surface area contributed by atoms with Gasteiger partial charge in [-0.1, -0.05) is 28.9 Å². The Morgan fingerprint density at radius 1 is 1.44 bits per heavy atom. The molecule has 0 radical (unpaired) electrons. The van der Waals surface area contributed by atoms with E-state index in [2.05, 4.69) is 21.2 Å². The first-order valence-corrected chi connectivity index (χ1v) is 5.84. The number of carbonyl (C=O) groups excluding carboxylic acids is 1. The molecule has 1 amide bonds. The van der Waals surface area contributed by atoms with Gasteiger partial charge in [0.05, 0.1) is 0 Å². The average molecular weight is 292 g/mol. The van der Waals surface area contributed by atoms with Gasteiger partial charge in [0.15, 0.2) is 0 Å². The predicted octanol–water partition coefficient (Wildman–Crippen LogP) is 2.87. The molecule has 88 valence electrons. The van der Waals surface area contributed by atoms with Crippen LogP contribution in [0.5, 0.6) is 0 Å². The number of alkyl halides is 1. The number of nitrogens with one attached hydrogen (secondary N) is 1. The van der Waals surface area contributed by atoms with Gasteiger partial charge in [-0.05, 0) is 18.6 Å². The number of hydrogen-bond donors (Lipinski definition) is 1. The quantitative estimate of drug-likeness (QED) is 0.849. The molecule has 1 rings (SSSR count). The SMILES string of the molecule is CCC(Br)CNC(=O)c1c(F)cccc1F. The minimum absolute atomic E-state index is 0.103. The Hall–Kier alpha value is -0.970. The van der Waals surface area contributed by atoms with Crippen LogP contribution in [0.4, 0.5) is 8.78 Å². The van der Waals surface area contributed by atoms with Gasteiger partial charge in [0.1, 0.15) is 17.2 Å². The zero-order valence-electron chi connectivity index (χ0n) is 8.77. The van der Waals surface area contributed by atoms with E-state index in [4.69, 9.17) is 0 Å². The lowest BCUT2D eigenvalue weighted by atomic mass is 10.2. The maximum absolute atomic E-state index is 13.2. The van der Waals surface area contributed by atoms with E-state index in [1.165, 1.54) is 6.07 Å². The van der Waals surface area contributed by atoms with E-state index in [0.717, 1.165) is 18.6 Å². The van der Waals surface area contributed by atoms with Crippen molar-refractivity contribution in [3.05, 3.63) is 35.4 Å². The summed E-state index contributed by atoms with van der Waals surface area (Å²) in [6.07, 6.45) is 0.819. The number of halogens is 3. The van der Waals surface area contributed by atoms with Gasteiger partial charge in [-0.15, -0.1) is 0 Å². The van der Waals surface area contributed by atoms with Crippen molar-refractivity contribution < 1.29 is 13.6 Å². The van der Waals surface area contributed by atoms with Gasteiger partial charge in [0, 0.05) is 11.4 Å². The number of amides is 1. The molecule has 1 aromatic carbocycles. The third kappa shape index (κ3) is 3.27. The standard InChI is InChI=1S/C11H12BrF2NO/c1-2-7(12)6-15-11(16)10-8(13)4-3-5-9(10)14/h3-5,7H,2,6H2,1H3,(H,15,16). The Labute approximate surface area is 101 Å². The maximum atomic E-state index is 13.2. The van der Waals surface area contributed by atoms with Crippen LogP contribution in [0.25, 0.3) is 0 Å². The van der Waals surface area contributed by atoms with Crippen molar-refractivity contribution in [3.8, 4) is 0 Å². The highest BCUT2D eigenvalue weighted by atomic mass is 79.9. The van der Waals surface area contributed by atoms with E-state index in [9.17, 15) is 13.6 Å². The van der Waals surface area contributed by atoms with Crippen molar-refractivity contribution in [2.24, 2.45) is 0 Å². The summed E-state index contributed by atoms with van der Waals surface area (Å²) in [5.74, 6) is -2.42. The number of benzene rings is 1. The van der Waals surface area contributed by atoms with Crippen LogP contribution in [-0.4, -0.2) is 17.3 Å². The molecule has 0 bridgehead atoms. The summed E-state index contributed by atoms with van der Waals surface area (Å²) in [4.78, 5) is 11.6. The Bertz CT molecular complexity index is 364. The fourth-order valence-electron chi connectivity index (χ4n) is 1.15. The second kappa shape index (κ2) is 5.94. The van der Waals surface area contributed by atoms with Crippen LogP contribution in [-0.2, 0) is 0 Å². The van der Waals surface area contributed by atoms with E-state index in [-0.39, 0.29) is 4.83 Å². The van der Waals surface area contributed by atoms with Gasteiger partial charge < -0.3 is 5.32 Å². The van der Waals surface area contributed by atoms with Gasteiger partial charge >= 0.3 is 0 Å². The minimum Gasteiger partial charge on any atom is -0.351 e. The van der Waals surface area contributed by atoms with Crippen LogP contribution in [0.2, 0.25) is 0 Å². The highest BCUT2D eigenvalue weighted by Crippen LogP contribution is 2.12. The predicted molar refractivity (Wildman–Crippen MR) is 61.7 cm³/mol. The highest BCUT2D eigenvalue weighted by molar-refractivity contribution is 9.09. The Kier molecular flexibility index (Phi) is 4.86. The molecular weight excluding hydrogens is 280 g/mol. The largest absolute Gasteiger partial charge is 0.351 e. The zero-order chi connectivity index (χ0) is 12.1. The number of carbonyl (C=O) groups is 1. The topological polar surface area (TPSA) is 29.1 Å². The van der Waals surface area contributed by atoms with Crippen molar-refractivity contribution in [1.82, 2.24) is 5.32 Å². The molecular formula is C11H12BrF2NO. The Balaban J connectivity index is 2.73. The molecule has 0 aliphatic heterocycles. The molecule has 0 aliphatic rings. The molecule has 0 heterocycles. The van der Waals surface area contributed by atoms with E-state index < -0.39 is 23.1 Å². The van der Waals surface area contributed by atoms with E-state index in [0.29, 0.717) is 6.54 Å². The van der Waals surface area contributed by atoms with Crippen LogP contribution < -0.4 is 5.32 Å². The molecule has 2 nitrogen and oxygen atoms in total. The summed E-state index contributed by atoms with van der Waals surface area (Å²) in [6, 6.07) is 3.34. The van der Waals surface area contributed by atoms with Gasteiger partial charge in [-0.25, -0.2) is 8.78 Å². The monoisotopic (exact) mass is 291 g/mol. The number of rotatable bonds is 4. The first-order valence-electron chi connectivity index (χ1n) is 4.92. The van der Waals surface area contributed by atoms with Crippen molar-refractivity contribution in [2.75, 3.05) is 6.54 Å². The zero-order valence-corrected chi connectivity index (χ0v) is 10.4. The molecule has 0 fully saturated rings. The summed E-state index contributed by atoms with van der Waals surface area (Å²) in [5, 5.41) is 2.47. The van der Waals surface area contributed by atoms with Gasteiger partial charge in [-0.3, -0.25) is 4.79 Å². The lowest BCUT2D eigenvalue weighted by Crippen LogP contribution is -2.30. The fraction of sp³-hybridized carbons (Fsp3) is 0.364. The molecule has 0 saturated heterocycles. The Morgan fingerprint density at radius 3 is 2.50 bits per heavy atom. The summed E-state index contributed by atoms with van der Waals surface area (Å²) >= 11 is 3.31. The first kappa shape index (κ1) is 13.1. The van der Waals surface area contributed by atoms with Gasteiger partial charge in [-0.2, -0.15) is 0 Å². The summed E-state index contributed by atoms with van der Waals surface area (Å²) in [5.41, 5.74) is -0.529. The molecule has 0 spiro atoms. The normalized spacial score (nSPS) is 12.2. The number of hydrogen-bond acceptors (Lipinski definition) is 1. The van der Waals surface area contributed by atoms with Crippen LogP contribution in [0.15, 0.2) is 18.2 Å². The van der Waals surface area contributed by atoms with E-state index in [1.54, 1.807) is 0 Å². The summed E-state index contributed by atoms with van der Waals surface area (Å²) in [6.45, 7) is 2.28. The molecule has 5 heteroatoms. The van der Waals surface area contributed by atoms with Gasteiger partial charge in [0.25, 0.3) is 5.91 Å². The third-order valence-corrected chi connectivity index (χ3v) is 3.09. The highest BCUT2D eigenvalue weighted by Gasteiger charge is 2.17. The second-order valence-electron chi connectivity index (χ2n) is 3.31. The lowest BCUT2D eigenvalue weighted by Gasteiger charge is -2.09. The summed E-state index contributed by atoms with van der Waals surface area (Å²) in [7, 11) is 0. The molecule has 16 heavy (non-hydrogen) atoms. The van der Waals surface area contributed by atoms with E-state index >= 15 is 0 Å². The summed E-state index contributed by atoms with van der Waals surface area (Å²) < 4.78 is 26.4. The average Bonchev–Trinajstić information content (AvgIpc) is 2.25. The molecule has 1 aromatic rings. The Morgan fingerprint density at radius 2 is 2.00 bits per heavy atom. The van der Waals surface area contributed by atoms with E-state index in [1.807, 2.05) is 6.92 Å². The molecule has 0 aliphatic carbocycles. The minimum atomic E-state index is -0.847. The molecule has 1 N–H and O–H groups in total.